The third-order valence-corrected chi connectivity index (χ3v) is 4.65. The number of nitrogens with one attached hydrogen (secondary N) is 1. The first kappa shape index (κ1) is 15.8. The highest BCUT2D eigenvalue weighted by Gasteiger charge is 2.34. The molecule has 1 aromatic rings. The van der Waals surface area contributed by atoms with Crippen LogP contribution in [0.4, 0.5) is 5.82 Å². The maximum atomic E-state index is 11.3. The number of carbonyl (C=O) groups is 1. The molecule has 0 aliphatic heterocycles. The maximum Gasteiger partial charge on any atom is 0.335 e. The van der Waals surface area contributed by atoms with E-state index < -0.39 is 5.97 Å². The van der Waals surface area contributed by atoms with E-state index in [-0.39, 0.29) is 5.41 Å². The second-order valence-electron chi connectivity index (χ2n) is 7.24. The maximum absolute atomic E-state index is 11.3. The number of carboxylic acid groups (broad SMARTS) is 1. The molecule has 116 valence electrons. The Balaban J connectivity index is 2.22. The minimum Gasteiger partial charge on any atom is -0.478 e. The molecule has 1 saturated carbocycles. The molecular formula is C17H26N2O2. The molecule has 2 N–H and O–H groups in total. The van der Waals surface area contributed by atoms with Crippen molar-refractivity contribution in [1.29, 1.82) is 0 Å². The van der Waals surface area contributed by atoms with Crippen molar-refractivity contribution < 1.29 is 9.90 Å². The molecule has 0 radical (unpaired) electrons. The summed E-state index contributed by atoms with van der Waals surface area (Å²) in [5.74, 6) is -0.223. The van der Waals surface area contributed by atoms with Gasteiger partial charge in [0, 0.05) is 17.7 Å². The van der Waals surface area contributed by atoms with E-state index in [9.17, 15) is 9.90 Å². The van der Waals surface area contributed by atoms with E-state index in [1.54, 1.807) is 12.1 Å². The largest absolute Gasteiger partial charge is 0.478 e. The fraction of sp³-hybridized carbons (Fsp3) is 0.647. The van der Waals surface area contributed by atoms with E-state index in [0.29, 0.717) is 16.8 Å². The van der Waals surface area contributed by atoms with E-state index in [1.807, 2.05) is 20.8 Å². The summed E-state index contributed by atoms with van der Waals surface area (Å²) in [6.07, 6.45) is 4.96. The number of pyridine rings is 1. The first-order valence-electron chi connectivity index (χ1n) is 7.75. The van der Waals surface area contributed by atoms with Crippen molar-refractivity contribution in [2.45, 2.75) is 58.8 Å². The van der Waals surface area contributed by atoms with Gasteiger partial charge >= 0.3 is 5.97 Å². The molecular weight excluding hydrogens is 264 g/mol. The lowest BCUT2D eigenvalue weighted by Gasteiger charge is -2.41. The van der Waals surface area contributed by atoms with E-state index in [2.05, 4.69) is 17.2 Å². The van der Waals surface area contributed by atoms with Gasteiger partial charge in [0.1, 0.15) is 5.82 Å². The van der Waals surface area contributed by atoms with Gasteiger partial charge in [-0.15, -0.1) is 0 Å². The number of nitrogens with zero attached hydrogens (tertiary/aromatic N) is 1. The molecule has 0 aromatic carbocycles. The third-order valence-electron chi connectivity index (χ3n) is 4.65. The van der Waals surface area contributed by atoms with Gasteiger partial charge in [0.15, 0.2) is 0 Å². The highest BCUT2D eigenvalue weighted by atomic mass is 16.4. The molecule has 0 unspecified atom stereocenters. The quantitative estimate of drug-likeness (QED) is 0.858. The van der Waals surface area contributed by atoms with Crippen LogP contribution in [-0.4, -0.2) is 22.6 Å². The topological polar surface area (TPSA) is 62.2 Å². The summed E-state index contributed by atoms with van der Waals surface area (Å²) in [5, 5.41) is 12.6. The van der Waals surface area contributed by atoms with Crippen molar-refractivity contribution in [3.05, 3.63) is 23.4 Å². The van der Waals surface area contributed by atoms with Crippen LogP contribution in [0.2, 0.25) is 0 Å². The van der Waals surface area contributed by atoms with Gasteiger partial charge in [0.25, 0.3) is 0 Å². The van der Waals surface area contributed by atoms with Crippen molar-refractivity contribution in [1.82, 2.24) is 4.98 Å². The lowest BCUT2D eigenvalue weighted by atomic mass is 9.67. The van der Waals surface area contributed by atoms with Gasteiger partial charge in [0.05, 0.1) is 5.56 Å². The number of carboxylic acids is 1. The molecule has 0 atom stereocenters. The fourth-order valence-corrected chi connectivity index (χ4v) is 2.74. The highest BCUT2D eigenvalue weighted by molar-refractivity contribution is 5.88. The summed E-state index contributed by atoms with van der Waals surface area (Å²) in [4.78, 5) is 15.9. The number of anilines is 1. The number of rotatable bonds is 5. The Morgan fingerprint density at radius 3 is 2.48 bits per heavy atom. The van der Waals surface area contributed by atoms with Crippen molar-refractivity contribution in [3.8, 4) is 0 Å². The van der Waals surface area contributed by atoms with Gasteiger partial charge < -0.3 is 10.4 Å². The number of aromatic carboxylic acids is 1. The predicted octanol–water partition coefficient (Wildman–Crippen LogP) is 4.07. The zero-order valence-electron chi connectivity index (χ0n) is 13.5. The normalized spacial score (nSPS) is 17.1. The molecule has 0 spiro atoms. The van der Waals surface area contributed by atoms with E-state index in [4.69, 9.17) is 0 Å². The standard InChI is InChI=1S/C17H26N2O2/c1-5-17(7-6-8-17)11-18-14-10-12(15(20)21)9-13(19-14)16(2,3)4/h9-10H,5-8,11H2,1-4H3,(H,18,19)(H,20,21). The fourth-order valence-electron chi connectivity index (χ4n) is 2.74. The van der Waals surface area contributed by atoms with Crippen LogP contribution >= 0.6 is 0 Å². The molecule has 1 aromatic heterocycles. The molecule has 1 heterocycles. The molecule has 1 aliphatic rings. The second-order valence-corrected chi connectivity index (χ2v) is 7.24. The molecule has 2 rings (SSSR count). The zero-order chi connectivity index (χ0) is 15.7. The summed E-state index contributed by atoms with van der Waals surface area (Å²) in [5.41, 5.74) is 1.32. The van der Waals surface area contributed by atoms with Gasteiger partial charge in [-0.2, -0.15) is 0 Å². The second kappa shape index (κ2) is 5.66. The Morgan fingerprint density at radius 1 is 1.38 bits per heavy atom. The summed E-state index contributed by atoms with van der Waals surface area (Å²) >= 11 is 0. The van der Waals surface area contributed by atoms with Crippen LogP contribution in [-0.2, 0) is 5.41 Å². The Labute approximate surface area is 127 Å². The molecule has 21 heavy (non-hydrogen) atoms. The van der Waals surface area contributed by atoms with Crippen molar-refractivity contribution >= 4 is 11.8 Å². The van der Waals surface area contributed by atoms with Crippen molar-refractivity contribution in [2.24, 2.45) is 5.41 Å². The minimum absolute atomic E-state index is 0.166. The summed E-state index contributed by atoms with van der Waals surface area (Å²) in [6, 6.07) is 3.31. The Hall–Kier alpha value is -1.58. The highest BCUT2D eigenvalue weighted by Crippen LogP contribution is 2.43. The van der Waals surface area contributed by atoms with E-state index in [1.165, 1.54) is 19.3 Å². The molecule has 0 saturated heterocycles. The number of aromatic nitrogens is 1. The molecule has 1 aliphatic carbocycles. The molecule has 0 bridgehead atoms. The van der Waals surface area contributed by atoms with Gasteiger partial charge in [-0.3, -0.25) is 0 Å². The van der Waals surface area contributed by atoms with Crippen molar-refractivity contribution in [2.75, 3.05) is 11.9 Å². The van der Waals surface area contributed by atoms with Crippen LogP contribution in [0.25, 0.3) is 0 Å². The summed E-state index contributed by atoms with van der Waals surface area (Å²) < 4.78 is 0. The lowest BCUT2D eigenvalue weighted by Crippen LogP contribution is -2.36. The van der Waals surface area contributed by atoms with Crippen LogP contribution in [0, 0.1) is 5.41 Å². The average molecular weight is 290 g/mol. The minimum atomic E-state index is -0.903. The zero-order valence-corrected chi connectivity index (χ0v) is 13.5. The van der Waals surface area contributed by atoms with Crippen LogP contribution in [0.1, 0.15) is 69.4 Å². The Bertz CT molecular complexity index is 523. The Kier molecular flexibility index (Phi) is 4.26. The van der Waals surface area contributed by atoms with Gasteiger partial charge in [0.2, 0.25) is 0 Å². The average Bonchev–Trinajstić information content (AvgIpc) is 2.36. The molecule has 4 nitrogen and oxygen atoms in total. The SMILES string of the molecule is CCC1(CNc2cc(C(=O)O)cc(C(C)(C)C)n2)CCC1. The first-order valence-corrected chi connectivity index (χ1v) is 7.75. The monoisotopic (exact) mass is 290 g/mol. The first-order chi connectivity index (χ1) is 9.76. The van der Waals surface area contributed by atoms with E-state index >= 15 is 0 Å². The number of hydrogen-bond donors (Lipinski definition) is 2. The van der Waals surface area contributed by atoms with Crippen LogP contribution in [0.15, 0.2) is 12.1 Å². The molecule has 0 amide bonds. The van der Waals surface area contributed by atoms with Gasteiger partial charge in [-0.25, -0.2) is 9.78 Å². The van der Waals surface area contributed by atoms with Gasteiger partial charge in [-0.1, -0.05) is 34.1 Å². The van der Waals surface area contributed by atoms with Crippen molar-refractivity contribution in [3.63, 3.8) is 0 Å². The summed E-state index contributed by atoms with van der Waals surface area (Å²) in [6.45, 7) is 9.24. The summed E-state index contributed by atoms with van der Waals surface area (Å²) in [7, 11) is 0. The van der Waals surface area contributed by atoms with Crippen LogP contribution in [0.3, 0.4) is 0 Å². The van der Waals surface area contributed by atoms with Gasteiger partial charge in [-0.05, 0) is 36.8 Å². The van der Waals surface area contributed by atoms with E-state index in [0.717, 1.165) is 18.7 Å². The molecule has 1 fully saturated rings. The predicted molar refractivity (Wildman–Crippen MR) is 85.0 cm³/mol. The van der Waals surface area contributed by atoms with Crippen LogP contribution < -0.4 is 5.32 Å². The Morgan fingerprint density at radius 2 is 2.05 bits per heavy atom. The number of hydrogen-bond acceptors (Lipinski definition) is 3. The third kappa shape index (κ3) is 3.55. The smallest absolute Gasteiger partial charge is 0.335 e. The lowest BCUT2D eigenvalue weighted by molar-refractivity contribution is 0.0696. The molecule has 4 heteroatoms. The van der Waals surface area contributed by atoms with Crippen LogP contribution in [0.5, 0.6) is 0 Å².